The second-order valence-corrected chi connectivity index (χ2v) is 7.31. The van der Waals surface area contributed by atoms with E-state index in [1.54, 1.807) is 22.2 Å². The molecule has 24 heavy (non-hydrogen) atoms. The summed E-state index contributed by atoms with van der Waals surface area (Å²) in [6.07, 6.45) is 4.48. The minimum absolute atomic E-state index is 0.0552. The van der Waals surface area contributed by atoms with E-state index >= 15 is 0 Å². The lowest BCUT2D eigenvalue weighted by atomic mass is 9.97. The summed E-state index contributed by atoms with van der Waals surface area (Å²) in [5.41, 5.74) is 1.50. The maximum Gasteiger partial charge on any atom is 0.317 e. The third-order valence-corrected chi connectivity index (χ3v) is 5.02. The lowest BCUT2D eigenvalue weighted by molar-refractivity contribution is -0.0906. The van der Waals surface area contributed by atoms with Crippen molar-refractivity contribution >= 4 is 17.4 Å². The van der Waals surface area contributed by atoms with Crippen LogP contribution in [0.1, 0.15) is 23.2 Å². The van der Waals surface area contributed by atoms with Crippen molar-refractivity contribution in [3.8, 4) is 0 Å². The fourth-order valence-corrected chi connectivity index (χ4v) is 3.49. The topological polar surface area (TPSA) is 72.3 Å². The molecule has 1 fully saturated rings. The Kier molecular flexibility index (Phi) is 4.86. The van der Waals surface area contributed by atoms with Crippen molar-refractivity contribution in [3.05, 3.63) is 34.0 Å². The highest BCUT2D eigenvalue weighted by Gasteiger charge is 2.36. The first-order chi connectivity index (χ1) is 11.5. The van der Waals surface area contributed by atoms with E-state index in [0.717, 1.165) is 22.7 Å². The number of nitrogens with one attached hydrogen (secondary N) is 1. The summed E-state index contributed by atoms with van der Waals surface area (Å²) in [5.74, 6) is 0. The molecule has 2 aromatic rings. The second-order valence-electron chi connectivity index (χ2n) is 6.24. The number of morpholine rings is 1. The van der Waals surface area contributed by atoms with Gasteiger partial charge in [-0.15, -0.1) is 11.3 Å². The largest absolute Gasteiger partial charge is 0.367 e. The van der Waals surface area contributed by atoms with Crippen LogP contribution in [0.2, 0.25) is 0 Å². The van der Waals surface area contributed by atoms with Gasteiger partial charge in [-0.2, -0.15) is 5.10 Å². The van der Waals surface area contributed by atoms with Gasteiger partial charge in [0, 0.05) is 43.7 Å². The molecular weight excluding hydrogens is 326 g/mol. The quantitative estimate of drug-likeness (QED) is 0.912. The summed E-state index contributed by atoms with van der Waals surface area (Å²) < 4.78 is 7.69. The molecule has 130 valence electrons. The number of thiazole rings is 1. The van der Waals surface area contributed by atoms with Gasteiger partial charge in [0.2, 0.25) is 0 Å². The maximum atomic E-state index is 12.4. The van der Waals surface area contributed by atoms with E-state index in [0.29, 0.717) is 26.2 Å². The van der Waals surface area contributed by atoms with E-state index in [-0.39, 0.29) is 6.03 Å². The van der Waals surface area contributed by atoms with Crippen molar-refractivity contribution < 1.29 is 9.53 Å². The van der Waals surface area contributed by atoms with Crippen LogP contribution < -0.4 is 5.32 Å². The molecule has 7 nitrogen and oxygen atoms in total. The molecule has 1 atom stereocenters. The molecule has 0 aliphatic carbocycles. The molecule has 1 saturated heterocycles. The molecule has 1 aliphatic heterocycles. The van der Waals surface area contributed by atoms with Crippen LogP contribution >= 0.6 is 11.3 Å². The molecule has 0 saturated carbocycles. The predicted molar refractivity (Wildman–Crippen MR) is 92.0 cm³/mol. The summed E-state index contributed by atoms with van der Waals surface area (Å²) in [5, 5.41) is 10.3. The lowest BCUT2D eigenvalue weighted by Gasteiger charge is -2.40. The molecule has 0 radical (unpaired) electrons. The van der Waals surface area contributed by atoms with E-state index in [1.165, 1.54) is 0 Å². The maximum absolute atomic E-state index is 12.4. The minimum atomic E-state index is -0.518. The van der Waals surface area contributed by atoms with Gasteiger partial charge in [-0.05, 0) is 13.8 Å². The average molecular weight is 349 g/mol. The van der Waals surface area contributed by atoms with Gasteiger partial charge in [0.1, 0.15) is 5.60 Å². The number of carbonyl (C=O) groups excluding carboxylic acids is 1. The summed E-state index contributed by atoms with van der Waals surface area (Å²) >= 11 is 1.63. The number of aryl methyl sites for hydroxylation is 2. The number of hydrogen-bond donors (Lipinski definition) is 1. The van der Waals surface area contributed by atoms with Gasteiger partial charge in [0.05, 0.1) is 30.1 Å². The fourth-order valence-electron chi connectivity index (χ4n) is 2.84. The second kappa shape index (κ2) is 6.90. The van der Waals surface area contributed by atoms with Crippen molar-refractivity contribution in [3.63, 3.8) is 0 Å². The zero-order valence-electron chi connectivity index (χ0n) is 14.3. The summed E-state index contributed by atoms with van der Waals surface area (Å²) in [6.45, 7) is 6.20. The van der Waals surface area contributed by atoms with Crippen LogP contribution in [0.4, 0.5) is 4.79 Å². The van der Waals surface area contributed by atoms with Crippen LogP contribution in [0.3, 0.4) is 0 Å². The number of carbonyl (C=O) groups is 1. The molecule has 3 rings (SSSR count). The van der Waals surface area contributed by atoms with Crippen LogP contribution in [0.15, 0.2) is 17.8 Å². The molecule has 2 aromatic heterocycles. The average Bonchev–Trinajstić information content (AvgIpc) is 3.16. The van der Waals surface area contributed by atoms with Gasteiger partial charge in [-0.1, -0.05) is 0 Å². The number of nitrogens with zero attached hydrogens (tertiary/aromatic N) is 4. The van der Waals surface area contributed by atoms with Gasteiger partial charge in [-0.25, -0.2) is 9.78 Å². The smallest absolute Gasteiger partial charge is 0.317 e. The first kappa shape index (κ1) is 16.9. The van der Waals surface area contributed by atoms with Crippen molar-refractivity contribution in [1.82, 2.24) is 25.0 Å². The van der Waals surface area contributed by atoms with Crippen LogP contribution in [0.25, 0.3) is 0 Å². The highest BCUT2D eigenvalue weighted by molar-refractivity contribution is 7.09. The van der Waals surface area contributed by atoms with Crippen LogP contribution in [0.5, 0.6) is 0 Å². The highest BCUT2D eigenvalue weighted by Crippen LogP contribution is 2.28. The first-order valence-corrected chi connectivity index (χ1v) is 8.91. The number of aromatic nitrogens is 3. The third kappa shape index (κ3) is 3.76. The van der Waals surface area contributed by atoms with Crippen molar-refractivity contribution in [2.45, 2.75) is 25.9 Å². The molecular formula is C16H23N5O2S. The van der Waals surface area contributed by atoms with Crippen molar-refractivity contribution in [2.75, 3.05) is 26.2 Å². The molecule has 8 heteroatoms. The van der Waals surface area contributed by atoms with Crippen LogP contribution in [-0.4, -0.2) is 51.9 Å². The standard InChI is InChI=1S/C16H23N5O2S/c1-12-19-14(10-24-12)4-5-17-15(22)21-6-7-23-16(2,11-21)13-8-18-20(3)9-13/h8-10H,4-7,11H2,1-3H3,(H,17,22)/t16-/m0/s1. The van der Waals surface area contributed by atoms with E-state index in [2.05, 4.69) is 15.4 Å². The van der Waals surface area contributed by atoms with E-state index < -0.39 is 5.60 Å². The number of urea groups is 1. The van der Waals surface area contributed by atoms with Crippen molar-refractivity contribution in [2.24, 2.45) is 7.05 Å². The van der Waals surface area contributed by atoms with Gasteiger partial charge < -0.3 is 15.0 Å². The monoisotopic (exact) mass is 349 g/mol. The molecule has 0 bridgehead atoms. The highest BCUT2D eigenvalue weighted by atomic mass is 32.1. The van der Waals surface area contributed by atoms with Gasteiger partial charge in [0.15, 0.2) is 0 Å². The Morgan fingerprint density at radius 2 is 2.38 bits per heavy atom. The summed E-state index contributed by atoms with van der Waals surface area (Å²) in [7, 11) is 1.88. The number of hydrogen-bond acceptors (Lipinski definition) is 5. The summed E-state index contributed by atoms with van der Waals surface area (Å²) in [6, 6.07) is -0.0552. The molecule has 3 heterocycles. The Morgan fingerprint density at radius 3 is 3.04 bits per heavy atom. The minimum Gasteiger partial charge on any atom is -0.367 e. The number of amides is 2. The van der Waals surface area contributed by atoms with E-state index in [4.69, 9.17) is 4.74 Å². The Morgan fingerprint density at radius 1 is 1.54 bits per heavy atom. The van der Waals surface area contributed by atoms with Crippen LogP contribution in [0, 0.1) is 6.92 Å². The normalized spacial score (nSPS) is 21.0. The number of rotatable bonds is 4. The lowest BCUT2D eigenvalue weighted by Crippen LogP contribution is -2.53. The number of ether oxygens (including phenoxy) is 1. The first-order valence-electron chi connectivity index (χ1n) is 8.03. The van der Waals surface area contributed by atoms with Gasteiger partial charge in [0.25, 0.3) is 0 Å². The van der Waals surface area contributed by atoms with E-state index in [1.807, 2.05) is 37.4 Å². The Balaban J connectivity index is 1.55. The van der Waals surface area contributed by atoms with Crippen LogP contribution in [-0.2, 0) is 23.8 Å². The van der Waals surface area contributed by atoms with Crippen molar-refractivity contribution in [1.29, 1.82) is 0 Å². The zero-order chi connectivity index (χ0) is 17.2. The third-order valence-electron chi connectivity index (χ3n) is 4.20. The molecule has 0 aromatic carbocycles. The zero-order valence-corrected chi connectivity index (χ0v) is 15.1. The molecule has 1 N–H and O–H groups in total. The fraction of sp³-hybridized carbons (Fsp3) is 0.562. The molecule has 1 aliphatic rings. The van der Waals surface area contributed by atoms with E-state index in [9.17, 15) is 4.79 Å². The predicted octanol–water partition coefficient (Wildman–Crippen LogP) is 1.68. The Labute approximate surface area is 145 Å². The van der Waals surface area contributed by atoms with Gasteiger partial charge >= 0.3 is 6.03 Å². The Hall–Kier alpha value is -1.93. The summed E-state index contributed by atoms with van der Waals surface area (Å²) in [4.78, 5) is 18.7. The molecule has 0 spiro atoms. The SMILES string of the molecule is Cc1nc(CCNC(=O)N2CCO[C@](C)(c3cnn(C)c3)C2)cs1. The van der Waals surface area contributed by atoms with Gasteiger partial charge in [-0.3, -0.25) is 4.68 Å². The molecule has 0 unspecified atom stereocenters. The Bertz CT molecular complexity index is 713. The molecule has 2 amide bonds.